The van der Waals surface area contributed by atoms with Gasteiger partial charge in [-0.1, -0.05) is 6.92 Å². The molecule has 0 spiro atoms. The van der Waals surface area contributed by atoms with Crippen molar-refractivity contribution in [1.29, 1.82) is 0 Å². The van der Waals surface area contributed by atoms with Crippen LogP contribution >= 0.6 is 0 Å². The minimum absolute atomic E-state index is 0.619. The summed E-state index contributed by atoms with van der Waals surface area (Å²) in [5.41, 5.74) is 8.96. The molecule has 0 radical (unpaired) electrons. The molecule has 0 aliphatic rings. The van der Waals surface area contributed by atoms with Crippen molar-refractivity contribution in [3.05, 3.63) is 66.3 Å². The van der Waals surface area contributed by atoms with Gasteiger partial charge in [-0.2, -0.15) is 5.10 Å². The van der Waals surface area contributed by atoms with E-state index >= 15 is 0 Å². The molecule has 0 amide bonds. The van der Waals surface area contributed by atoms with E-state index in [0.717, 1.165) is 63.5 Å². The summed E-state index contributed by atoms with van der Waals surface area (Å²) in [6.07, 6.45) is 9.21. The summed E-state index contributed by atoms with van der Waals surface area (Å²) in [5, 5.41) is 11.8. The van der Waals surface area contributed by atoms with Crippen LogP contribution in [0.25, 0.3) is 50.5 Å². The van der Waals surface area contributed by atoms with Gasteiger partial charge in [0.2, 0.25) is 0 Å². The Bertz CT molecular complexity index is 1670. The number of imidazole rings is 2. The molecule has 0 aliphatic heterocycles. The van der Waals surface area contributed by atoms with Gasteiger partial charge in [0.05, 0.1) is 28.8 Å². The van der Waals surface area contributed by atoms with Gasteiger partial charge in [-0.05, 0) is 49.7 Å². The quantitative estimate of drug-likeness (QED) is 0.342. The zero-order chi connectivity index (χ0) is 23.9. The van der Waals surface area contributed by atoms with Crippen LogP contribution in [0.15, 0.2) is 49.3 Å². The zero-order valence-corrected chi connectivity index (χ0v) is 19.7. The van der Waals surface area contributed by atoms with Crippen LogP contribution in [0.2, 0.25) is 0 Å². The van der Waals surface area contributed by atoms with Gasteiger partial charge in [0.1, 0.15) is 11.2 Å². The van der Waals surface area contributed by atoms with Gasteiger partial charge in [0.25, 0.3) is 0 Å². The summed E-state index contributed by atoms with van der Waals surface area (Å²) in [5.74, 6) is 0.650. The van der Waals surface area contributed by atoms with Crippen LogP contribution in [0.5, 0.6) is 0 Å². The first-order chi connectivity index (χ1) is 17.1. The molecule has 0 atom stereocenters. The number of aromatic nitrogens is 9. The molecule has 10 heteroatoms. The minimum Gasteiger partial charge on any atom is -0.334 e. The van der Waals surface area contributed by atoms with Crippen molar-refractivity contribution >= 4 is 22.2 Å². The fraction of sp³-hybridized carbons (Fsp3) is 0.200. The summed E-state index contributed by atoms with van der Waals surface area (Å²) in [6.45, 7) is 7.77. The van der Waals surface area contributed by atoms with Gasteiger partial charge in [0, 0.05) is 36.9 Å². The molecule has 174 valence electrons. The molecular weight excluding hydrogens is 440 g/mol. The first-order valence-electron chi connectivity index (χ1n) is 11.5. The second kappa shape index (κ2) is 8.41. The van der Waals surface area contributed by atoms with E-state index in [4.69, 9.17) is 4.98 Å². The highest BCUT2D eigenvalue weighted by Crippen LogP contribution is 2.31. The SMILES string of the molecule is CCNCc1nccc(-c2cnc3n[nH]c(-c4nc5nccc(-n6cnc(C)c6)c5[nH]4)c3c2)c1C. The number of H-pyrrole nitrogens is 2. The Balaban J connectivity index is 1.46. The summed E-state index contributed by atoms with van der Waals surface area (Å²) in [4.78, 5) is 26.1. The maximum Gasteiger partial charge on any atom is 0.181 e. The van der Waals surface area contributed by atoms with Crippen molar-refractivity contribution in [2.75, 3.05) is 6.54 Å². The molecule has 6 rings (SSSR count). The summed E-state index contributed by atoms with van der Waals surface area (Å²) >= 11 is 0. The molecular formula is C25H24N10. The monoisotopic (exact) mass is 464 g/mol. The lowest BCUT2D eigenvalue weighted by Crippen LogP contribution is -2.14. The van der Waals surface area contributed by atoms with Crippen molar-refractivity contribution in [3.8, 4) is 28.3 Å². The van der Waals surface area contributed by atoms with Crippen molar-refractivity contribution in [1.82, 2.24) is 50.0 Å². The van der Waals surface area contributed by atoms with Gasteiger partial charge in [-0.15, -0.1) is 0 Å². The smallest absolute Gasteiger partial charge is 0.181 e. The molecule has 6 aromatic heterocycles. The van der Waals surface area contributed by atoms with Crippen LogP contribution < -0.4 is 5.32 Å². The Morgan fingerprint density at radius 1 is 1.03 bits per heavy atom. The van der Waals surface area contributed by atoms with Crippen LogP contribution in [-0.2, 0) is 6.54 Å². The number of aromatic amines is 2. The average Bonchev–Trinajstić information content (AvgIpc) is 3.60. The van der Waals surface area contributed by atoms with Crippen LogP contribution in [0.3, 0.4) is 0 Å². The first kappa shape index (κ1) is 21.1. The molecule has 0 aliphatic carbocycles. The highest BCUT2D eigenvalue weighted by Gasteiger charge is 2.17. The van der Waals surface area contributed by atoms with E-state index in [-0.39, 0.29) is 0 Å². The highest BCUT2D eigenvalue weighted by atomic mass is 15.2. The molecule has 0 saturated carbocycles. The van der Waals surface area contributed by atoms with E-state index in [1.54, 1.807) is 12.5 Å². The average molecular weight is 465 g/mol. The summed E-state index contributed by atoms with van der Waals surface area (Å²) in [7, 11) is 0. The van der Waals surface area contributed by atoms with Crippen LogP contribution in [0.4, 0.5) is 0 Å². The fourth-order valence-corrected chi connectivity index (χ4v) is 4.33. The molecule has 10 nitrogen and oxygen atoms in total. The highest BCUT2D eigenvalue weighted by molar-refractivity contribution is 5.94. The van der Waals surface area contributed by atoms with Crippen LogP contribution in [0.1, 0.15) is 23.9 Å². The maximum atomic E-state index is 4.75. The zero-order valence-electron chi connectivity index (χ0n) is 19.7. The second-order valence-electron chi connectivity index (χ2n) is 8.44. The predicted octanol–water partition coefficient (Wildman–Crippen LogP) is 3.87. The normalized spacial score (nSPS) is 11.6. The number of fused-ring (bicyclic) bond motifs is 2. The molecule has 0 aromatic carbocycles. The van der Waals surface area contributed by atoms with E-state index in [1.165, 1.54) is 0 Å². The summed E-state index contributed by atoms with van der Waals surface area (Å²) < 4.78 is 1.96. The van der Waals surface area contributed by atoms with E-state index in [1.807, 2.05) is 42.2 Å². The van der Waals surface area contributed by atoms with Crippen LogP contribution in [0, 0.1) is 13.8 Å². The molecule has 0 saturated heterocycles. The van der Waals surface area contributed by atoms with Gasteiger partial charge >= 0.3 is 0 Å². The number of nitrogens with zero attached hydrogens (tertiary/aromatic N) is 7. The Hall–Kier alpha value is -4.44. The predicted molar refractivity (Wildman–Crippen MR) is 134 cm³/mol. The standard InChI is InChI=1S/C25H24N10/c1-4-26-11-19-15(3)17(5-7-27-19)16-9-18-21(33-34-23(18)29-10-16)25-31-22-20(6-8-28-24(22)32-25)35-12-14(2)30-13-35/h5-10,12-13,26H,4,11H2,1-3H3,(H,28,31,32)(H,29,33,34). The van der Waals surface area contributed by atoms with Gasteiger partial charge in [-0.25, -0.2) is 19.9 Å². The molecule has 3 N–H and O–H groups in total. The maximum absolute atomic E-state index is 4.75. The van der Waals surface area contributed by atoms with Crippen molar-refractivity contribution in [2.24, 2.45) is 0 Å². The molecule has 0 bridgehead atoms. The van der Waals surface area contributed by atoms with E-state index < -0.39 is 0 Å². The van der Waals surface area contributed by atoms with E-state index in [0.29, 0.717) is 17.1 Å². The Morgan fingerprint density at radius 2 is 1.91 bits per heavy atom. The molecule has 6 heterocycles. The van der Waals surface area contributed by atoms with Gasteiger partial charge in [0.15, 0.2) is 17.1 Å². The number of hydrogen-bond donors (Lipinski definition) is 3. The largest absolute Gasteiger partial charge is 0.334 e. The van der Waals surface area contributed by atoms with E-state index in [9.17, 15) is 0 Å². The number of nitrogens with one attached hydrogen (secondary N) is 3. The van der Waals surface area contributed by atoms with Crippen LogP contribution in [-0.4, -0.2) is 51.2 Å². The third kappa shape index (κ3) is 3.64. The van der Waals surface area contributed by atoms with Crippen molar-refractivity contribution in [2.45, 2.75) is 27.3 Å². The third-order valence-corrected chi connectivity index (χ3v) is 6.17. The van der Waals surface area contributed by atoms with Gasteiger partial charge in [-0.3, -0.25) is 10.1 Å². The molecule has 6 aromatic rings. The lowest BCUT2D eigenvalue weighted by Gasteiger charge is -2.11. The fourth-order valence-electron chi connectivity index (χ4n) is 4.33. The summed E-state index contributed by atoms with van der Waals surface area (Å²) in [6, 6.07) is 6.06. The Kier molecular flexibility index (Phi) is 5.07. The lowest BCUT2D eigenvalue weighted by atomic mass is 10.0. The van der Waals surface area contributed by atoms with Crippen molar-refractivity contribution in [3.63, 3.8) is 0 Å². The number of rotatable bonds is 6. The lowest BCUT2D eigenvalue weighted by molar-refractivity contribution is 0.707. The van der Waals surface area contributed by atoms with E-state index in [2.05, 4.69) is 60.3 Å². The second-order valence-corrected chi connectivity index (χ2v) is 8.44. The molecule has 0 unspecified atom stereocenters. The number of pyridine rings is 3. The topological polar surface area (TPSA) is 126 Å². The van der Waals surface area contributed by atoms with Gasteiger partial charge < -0.3 is 14.9 Å². The van der Waals surface area contributed by atoms with Crippen molar-refractivity contribution < 1.29 is 0 Å². The third-order valence-electron chi connectivity index (χ3n) is 6.17. The Morgan fingerprint density at radius 3 is 2.74 bits per heavy atom. The number of hydrogen-bond acceptors (Lipinski definition) is 7. The minimum atomic E-state index is 0.619. The number of aryl methyl sites for hydroxylation is 1. The Labute approximate surface area is 200 Å². The molecule has 0 fully saturated rings. The molecule has 35 heavy (non-hydrogen) atoms. The first-order valence-corrected chi connectivity index (χ1v) is 11.5.